The van der Waals surface area contributed by atoms with E-state index in [1.807, 2.05) is 0 Å². The number of hydrogen-bond acceptors (Lipinski definition) is 4. The van der Waals surface area contributed by atoms with Gasteiger partial charge in [-0.3, -0.25) is 4.79 Å². The lowest BCUT2D eigenvalue weighted by Gasteiger charge is -2.45. The molecular weight excluding hydrogens is 787 g/mol. The summed E-state index contributed by atoms with van der Waals surface area (Å²) in [4.78, 5) is 14.9. The first-order valence-corrected chi connectivity index (χ1v) is 28.1. The van der Waals surface area contributed by atoms with Crippen LogP contribution >= 0.6 is 0 Å². The van der Waals surface area contributed by atoms with Crippen LogP contribution in [0, 0.1) is 0 Å². The highest BCUT2D eigenvalue weighted by atomic mass is 28.4. The zero-order valence-corrected chi connectivity index (χ0v) is 43.1. The van der Waals surface area contributed by atoms with Gasteiger partial charge in [0.1, 0.15) is 6.10 Å². The number of esters is 1. The summed E-state index contributed by atoms with van der Waals surface area (Å²) in [6.07, 6.45) is 47.4. The van der Waals surface area contributed by atoms with Crippen molar-refractivity contribution in [2.24, 2.45) is 0 Å². The Hall–Kier alpha value is -2.73. The molecule has 2 rings (SSSR count). The van der Waals surface area contributed by atoms with Crippen molar-refractivity contribution in [1.82, 2.24) is 4.90 Å². The second kappa shape index (κ2) is 36.5. The Labute approximate surface area is 391 Å². The van der Waals surface area contributed by atoms with Gasteiger partial charge in [-0.05, 0) is 126 Å². The SMILES string of the molecule is CCCCCC=CCC=CCCCCCCCCC(CCCCCCCCC=CC[C@@H](CCCCC)O[Si](c1ccccc1)(c1ccccc1)C(C)(C)C)OC(=O)CCCN(C)C. The summed E-state index contributed by atoms with van der Waals surface area (Å²) in [5.74, 6) is -0.00298. The summed E-state index contributed by atoms with van der Waals surface area (Å²) in [7, 11) is 1.55. The maximum atomic E-state index is 12.7. The van der Waals surface area contributed by atoms with Crippen LogP contribution in [0.15, 0.2) is 97.1 Å². The van der Waals surface area contributed by atoms with Crippen LogP contribution in [0.4, 0.5) is 0 Å². The summed E-state index contributed by atoms with van der Waals surface area (Å²) >= 11 is 0. The van der Waals surface area contributed by atoms with Crippen molar-refractivity contribution in [3.63, 3.8) is 0 Å². The van der Waals surface area contributed by atoms with E-state index in [0.717, 1.165) is 57.9 Å². The molecule has 4 nitrogen and oxygen atoms in total. The van der Waals surface area contributed by atoms with Crippen molar-refractivity contribution in [2.75, 3.05) is 20.6 Å². The molecule has 356 valence electrons. The summed E-state index contributed by atoms with van der Waals surface area (Å²) in [6, 6.07) is 22.2. The van der Waals surface area contributed by atoms with E-state index in [0.29, 0.717) is 6.42 Å². The van der Waals surface area contributed by atoms with E-state index in [1.165, 1.54) is 132 Å². The topological polar surface area (TPSA) is 38.8 Å². The second-order valence-corrected chi connectivity index (χ2v) is 23.9. The monoisotopic (exact) mass is 884 g/mol. The molecule has 0 aliphatic rings. The molecular formula is C58H97NO3Si. The minimum absolute atomic E-state index is 0.00298. The lowest BCUT2D eigenvalue weighted by atomic mass is 10.0. The van der Waals surface area contributed by atoms with E-state index < -0.39 is 8.32 Å². The molecule has 0 spiro atoms. The van der Waals surface area contributed by atoms with Crippen molar-refractivity contribution in [3.8, 4) is 0 Å². The summed E-state index contributed by atoms with van der Waals surface area (Å²) < 4.78 is 13.7. The van der Waals surface area contributed by atoms with Gasteiger partial charge in [-0.25, -0.2) is 0 Å². The predicted octanol–water partition coefficient (Wildman–Crippen LogP) is 16.0. The van der Waals surface area contributed by atoms with Gasteiger partial charge < -0.3 is 14.1 Å². The first kappa shape index (κ1) is 56.4. The van der Waals surface area contributed by atoms with Crippen LogP contribution in [0.2, 0.25) is 5.04 Å². The van der Waals surface area contributed by atoms with Gasteiger partial charge in [0.2, 0.25) is 0 Å². The number of benzene rings is 2. The second-order valence-electron chi connectivity index (χ2n) is 19.7. The largest absolute Gasteiger partial charge is 0.462 e. The van der Waals surface area contributed by atoms with Gasteiger partial charge in [0.25, 0.3) is 8.32 Å². The predicted molar refractivity (Wildman–Crippen MR) is 279 cm³/mol. The van der Waals surface area contributed by atoms with Crippen molar-refractivity contribution in [3.05, 3.63) is 97.1 Å². The Morgan fingerprint density at radius 1 is 0.556 bits per heavy atom. The molecule has 63 heavy (non-hydrogen) atoms. The standard InChI is InChI=1S/C58H97NO3Si/c1-8-10-12-13-14-15-16-17-18-19-20-21-23-26-29-35-43-53(61-57(60)51-42-52-59(6)7)44-36-30-27-24-22-25-28-31-37-46-54(45-34-11-9-2)62-63(58(3,4)5,55-47-38-32-39-48-55)56-49-40-33-41-50-56/h14-15,17-18,31-33,37-41,47-50,53-54H,8-13,16,19-30,34-36,42-46,51-52H2,1-7H3/t53?,54-/m1/s1. The van der Waals surface area contributed by atoms with Crippen LogP contribution in [-0.2, 0) is 14.0 Å². The van der Waals surface area contributed by atoms with E-state index in [-0.39, 0.29) is 23.2 Å². The Morgan fingerprint density at radius 3 is 1.48 bits per heavy atom. The number of ether oxygens (including phenoxy) is 1. The van der Waals surface area contributed by atoms with Gasteiger partial charge in [0.15, 0.2) is 0 Å². The molecule has 0 bridgehead atoms. The summed E-state index contributed by atoms with van der Waals surface area (Å²) in [6.45, 7) is 12.7. The lowest BCUT2D eigenvalue weighted by molar-refractivity contribution is -0.150. The van der Waals surface area contributed by atoms with Crippen LogP contribution < -0.4 is 10.4 Å². The smallest absolute Gasteiger partial charge is 0.306 e. The fourth-order valence-corrected chi connectivity index (χ4v) is 13.6. The molecule has 0 aromatic heterocycles. The van der Waals surface area contributed by atoms with Gasteiger partial charge in [-0.1, -0.05) is 215 Å². The Morgan fingerprint density at radius 2 is 0.984 bits per heavy atom. The Bertz CT molecular complexity index is 1410. The van der Waals surface area contributed by atoms with Crippen LogP contribution in [0.5, 0.6) is 0 Å². The molecule has 0 heterocycles. The third-order valence-electron chi connectivity index (χ3n) is 12.6. The number of allylic oxidation sites excluding steroid dienone is 5. The van der Waals surface area contributed by atoms with E-state index >= 15 is 0 Å². The molecule has 0 aliphatic heterocycles. The van der Waals surface area contributed by atoms with Crippen molar-refractivity contribution in [1.29, 1.82) is 0 Å². The van der Waals surface area contributed by atoms with Crippen LogP contribution in [0.1, 0.15) is 214 Å². The maximum Gasteiger partial charge on any atom is 0.306 e. The normalized spacial score (nSPS) is 13.5. The molecule has 5 heteroatoms. The number of unbranched alkanes of at least 4 members (excludes halogenated alkanes) is 17. The molecule has 1 unspecified atom stereocenters. The lowest BCUT2D eigenvalue weighted by Crippen LogP contribution is -2.67. The maximum absolute atomic E-state index is 12.7. The minimum atomic E-state index is -2.58. The van der Waals surface area contributed by atoms with Crippen molar-refractivity contribution in [2.45, 2.75) is 232 Å². The van der Waals surface area contributed by atoms with Gasteiger partial charge >= 0.3 is 5.97 Å². The zero-order chi connectivity index (χ0) is 45.7. The van der Waals surface area contributed by atoms with Crippen molar-refractivity contribution >= 4 is 24.7 Å². The van der Waals surface area contributed by atoms with Crippen LogP contribution in [0.3, 0.4) is 0 Å². The van der Waals surface area contributed by atoms with E-state index in [2.05, 4.69) is 151 Å². The Balaban J connectivity index is 1.75. The van der Waals surface area contributed by atoms with Crippen LogP contribution in [0.25, 0.3) is 0 Å². The average Bonchev–Trinajstić information content (AvgIpc) is 3.26. The molecule has 0 saturated carbocycles. The number of carbonyl (C=O) groups is 1. The fraction of sp³-hybridized carbons (Fsp3) is 0.672. The van der Waals surface area contributed by atoms with E-state index in [9.17, 15) is 4.79 Å². The van der Waals surface area contributed by atoms with Crippen molar-refractivity contribution < 1.29 is 14.0 Å². The van der Waals surface area contributed by atoms with Crippen LogP contribution in [-0.4, -0.2) is 52.0 Å². The minimum Gasteiger partial charge on any atom is -0.462 e. The van der Waals surface area contributed by atoms with Gasteiger partial charge in [0.05, 0.1) is 0 Å². The first-order chi connectivity index (χ1) is 30.6. The third kappa shape index (κ3) is 26.1. The molecule has 2 aromatic carbocycles. The summed E-state index contributed by atoms with van der Waals surface area (Å²) in [5.41, 5.74) is 0. The molecule has 0 saturated heterocycles. The van der Waals surface area contributed by atoms with Gasteiger partial charge in [-0.2, -0.15) is 0 Å². The molecule has 2 atom stereocenters. The number of carbonyl (C=O) groups excluding carboxylic acids is 1. The number of nitrogens with zero attached hydrogens (tertiary/aromatic N) is 1. The first-order valence-electron chi connectivity index (χ1n) is 26.2. The molecule has 2 aromatic rings. The third-order valence-corrected chi connectivity index (χ3v) is 17.7. The van der Waals surface area contributed by atoms with E-state index in [1.54, 1.807) is 0 Å². The fourth-order valence-electron chi connectivity index (χ4n) is 8.90. The highest BCUT2D eigenvalue weighted by molar-refractivity contribution is 6.99. The number of rotatable bonds is 39. The zero-order valence-electron chi connectivity index (χ0n) is 42.1. The Kier molecular flexibility index (Phi) is 32.7. The molecule has 0 aliphatic carbocycles. The van der Waals surface area contributed by atoms with E-state index in [4.69, 9.17) is 9.16 Å². The highest BCUT2D eigenvalue weighted by Gasteiger charge is 2.51. The molecule has 0 amide bonds. The highest BCUT2D eigenvalue weighted by Crippen LogP contribution is 2.38. The summed E-state index contributed by atoms with van der Waals surface area (Å²) in [5, 5.41) is 2.72. The number of hydrogen-bond donors (Lipinski definition) is 0. The molecule has 0 radical (unpaired) electrons. The molecule has 0 N–H and O–H groups in total. The quantitative estimate of drug-likeness (QED) is 0.0290. The van der Waals surface area contributed by atoms with Gasteiger partial charge in [-0.15, -0.1) is 0 Å². The average molecular weight is 885 g/mol. The van der Waals surface area contributed by atoms with Gasteiger partial charge in [0, 0.05) is 12.5 Å². The molecule has 0 fully saturated rings.